The van der Waals surface area contributed by atoms with Gasteiger partial charge in [0.2, 0.25) is 5.91 Å². The summed E-state index contributed by atoms with van der Waals surface area (Å²) in [6, 6.07) is 15.7. The summed E-state index contributed by atoms with van der Waals surface area (Å²) in [6.45, 7) is 1.40. The van der Waals surface area contributed by atoms with Gasteiger partial charge in [-0.25, -0.2) is 0 Å². The first kappa shape index (κ1) is 20.1. The molecule has 2 N–H and O–H groups in total. The van der Waals surface area contributed by atoms with Crippen LogP contribution in [0, 0.1) is 12.8 Å². The molecule has 2 aromatic rings. The van der Waals surface area contributed by atoms with Gasteiger partial charge in [0.05, 0.1) is 12.5 Å². The summed E-state index contributed by atoms with van der Waals surface area (Å²) in [6.07, 6.45) is -0.0900. The molecule has 3 rings (SSSR count). The molecule has 1 aliphatic heterocycles. The molecule has 3 amide bonds. The first-order chi connectivity index (χ1) is 13.9. The number of benzene rings is 2. The molecule has 0 aliphatic carbocycles. The molecule has 1 heterocycles. The number of aryl methyl sites for hydroxylation is 1. The third-order valence-corrected chi connectivity index (χ3v) is 4.50. The number of carbonyl (C=O) groups is 4. The maximum Gasteiger partial charge on any atom is 0.311 e. The van der Waals surface area contributed by atoms with Crippen molar-refractivity contribution in [1.82, 2.24) is 10.4 Å². The topological polar surface area (TPSA) is 105 Å². The van der Waals surface area contributed by atoms with Gasteiger partial charge in [-0.2, -0.15) is 0 Å². The predicted octanol–water partition coefficient (Wildman–Crippen LogP) is 1.67. The molecule has 0 unspecified atom stereocenters. The molecule has 1 saturated heterocycles. The van der Waals surface area contributed by atoms with E-state index >= 15 is 0 Å². The minimum Gasteiger partial charge on any atom is -0.455 e. The van der Waals surface area contributed by atoms with E-state index in [1.165, 1.54) is 0 Å². The third kappa shape index (κ3) is 5.19. The predicted molar refractivity (Wildman–Crippen MR) is 104 cm³/mol. The zero-order valence-electron chi connectivity index (χ0n) is 15.9. The summed E-state index contributed by atoms with van der Waals surface area (Å²) in [4.78, 5) is 48.5. The van der Waals surface area contributed by atoms with E-state index in [1.54, 1.807) is 42.5 Å². The summed E-state index contributed by atoms with van der Waals surface area (Å²) in [5.74, 6) is -2.70. The normalized spacial score (nSPS) is 15.7. The fourth-order valence-electron chi connectivity index (χ4n) is 2.90. The standard InChI is InChI=1S/C21H21N3O5/c1-14-7-5-6-10-17(14)22-18(25)13-29-21(28)16-11-19(26)24(12-16)23-20(27)15-8-3-2-4-9-15/h2-10,16H,11-13H2,1H3,(H,22,25)(H,23,27)/t16-/m0/s1. The van der Waals surface area contributed by atoms with E-state index in [0.29, 0.717) is 11.3 Å². The number of rotatable bonds is 6. The highest BCUT2D eigenvalue weighted by Gasteiger charge is 2.36. The number of hydrogen-bond acceptors (Lipinski definition) is 5. The number of hydrazine groups is 1. The molecule has 8 nitrogen and oxygen atoms in total. The van der Waals surface area contributed by atoms with Crippen LogP contribution in [0.5, 0.6) is 0 Å². The first-order valence-corrected chi connectivity index (χ1v) is 9.12. The Labute approximate surface area is 167 Å². The van der Waals surface area contributed by atoms with E-state index in [0.717, 1.165) is 10.6 Å². The second-order valence-corrected chi connectivity index (χ2v) is 6.68. The van der Waals surface area contributed by atoms with Gasteiger partial charge in [-0.15, -0.1) is 0 Å². The van der Waals surface area contributed by atoms with Crippen molar-refractivity contribution in [2.45, 2.75) is 13.3 Å². The lowest BCUT2D eigenvalue weighted by atomic mass is 10.1. The second kappa shape index (κ2) is 9.01. The van der Waals surface area contributed by atoms with Crippen LogP contribution in [0.25, 0.3) is 0 Å². The van der Waals surface area contributed by atoms with E-state index in [9.17, 15) is 19.2 Å². The minimum atomic E-state index is -0.746. The van der Waals surface area contributed by atoms with Gasteiger partial charge in [-0.1, -0.05) is 36.4 Å². The number of hydrogen-bond donors (Lipinski definition) is 2. The molecular weight excluding hydrogens is 374 g/mol. The Bertz CT molecular complexity index is 929. The average molecular weight is 395 g/mol. The molecule has 0 aromatic heterocycles. The van der Waals surface area contributed by atoms with Crippen LogP contribution >= 0.6 is 0 Å². The highest BCUT2D eigenvalue weighted by molar-refractivity contribution is 5.97. The molecular formula is C21H21N3O5. The molecule has 0 radical (unpaired) electrons. The fraction of sp³-hybridized carbons (Fsp3) is 0.238. The summed E-state index contributed by atoms with van der Waals surface area (Å²) >= 11 is 0. The van der Waals surface area contributed by atoms with Crippen LogP contribution < -0.4 is 10.7 Å². The van der Waals surface area contributed by atoms with E-state index in [1.807, 2.05) is 19.1 Å². The Morgan fingerprint density at radius 1 is 1.07 bits per heavy atom. The van der Waals surface area contributed by atoms with Crippen LogP contribution in [-0.4, -0.2) is 41.9 Å². The average Bonchev–Trinajstić information content (AvgIpc) is 3.09. The van der Waals surface area contributed by atoms with Crippen LogP contribution in [0.3, 0.4) is 0 Å². The van der Waals surface area contributed by atoms with Crippen molar-refractivity contribution in [2.24, 2.45) is 5.92 Å². The van der Waals surface area contributed by atoms with Gasteiger partial charge in [-0.3, -0.25) is 29.6 Å². The molecule has 29 heavy (non-hydrogen) atoms. The largest absolute Gasteiger partial charge is 0.455 e. The van der Waals surface area contributed by atoms with Crippen LogP contribution in [-0.2, 0) is 19.1 Å². The molecule has 8 heteroatoms. The maximum atomic E-state index is 12.2. The smallest absolute Gasteiger partial charge is 0.311 e. The lowest BCUT2D eigenvalue weighted by Crippen LogP contribution is -2.43. The molecule has 0 spiro atoms. The zero-order chi connectivity index (χ0) is 20.8. The first-order valence-electron chi connectivity index (χ1n) is 9.12. The van der Waals surface area contributed by atoms with E-state index in [2.05, 4.69) is 10.7 Å². The number of anilines is 1. The van der Waals surface area contributed by atoms with Crippen molar-refractivity contribution < 1.29 is 23.9 Å². The molecule has 150 valence electrons. The number of nitrogens with one attached hydrogen (secondary N) is 2. The summed E-state index contributed by atoms with van der Waals surface area (Å²) in [7, 11) is 0. The van der Waals surface area contributed by atoms with Gasteiger partial charge >= 0.3 is 5.97 Å². The van der Waals surface area contributed by atoms with Crippen molar-refractivity contribution >= 4 is 29.4 Å². The monoisotopic (exact) mass is 395 g/mol. The number of carbonyl (C=O) groups excluding carboxylic acids is 4. The van der Waals surface area contributed by atoms with Crippen molar-refractivity contribution in [2.75, 3.05) is 18.5 Å². The number of ether oxygens (including phenoxy) is 1. The fourth-order valence-corrected chi connectivity index (χ4v) is 2.90. The van der Waals surface area contributed by atoms with Crippen LogP contribution in [0.1, 0.15) is 22.3 Å². The van der Waals surface area contributed by atoms with Crippen LogP contribution in [0.4, 0.5) is 5.69 Å². The molecule has 1 atom stereocenters. The lowest BCUT2D eigenvalue weighted by molar-refractivity contribution is -0.151. The zero-order valence-corrected chi connectivity index (χ0v) is 15.9. The van der Waals surface area contributed by atoms with E-state index < -0.39 is 30.3 Å². The number of para-hydroxylation sites is 1. The number of esters is 1. The molecule has 0 saturated carbocycles. The quantitative estimate of drug-likeness (QED) is 0.724. The van der Waals surface area contributed by atoms with Crippen LogP contribution in [0.15, 0.2) is 54.6 Å². The third-order valence-electron chi connectivity index (χ3n) is 4.50. The molecule has 2 aromatic carbocycles. The second-order valence-electron chi connectivity index (χ2n) is 6.68. The highest BCUT2D eigenvalue weighted by atomic mass is 16.5. The van der Waals surface area contributed by atoms with Gasteiger partial charge in [0.15, 0.2) is 6.61 Å². The van der Waals surface area contributed by atoms with Gasteiger partial charge in [0.25, 0.3) is 11.8 Å². The van der Waals surface area contributed by atoms with Crippen LogP contribution in [0.2, 0.25) is 0 Å². The van der Waals surface area contributed by atoms with E-state index in [4.69, 9.17) is 4.74 Å². The summed E-state index contributed by atoms with van der Waals surface area (Å²) in [5.41, 5.74) is 4.42. The van der Waals surface area contributed by atoms with Gasteiger partial charge in [0, 0.05) is 17.7 Å². The van der Waals surface area contributed by atoms with Gasteiger partial charge in [-0.05, 0) is 30.7 Å². The van der Waals surface area contributed by atoms with Crippen molar-refractivity contribution in [3.8, 4) is 0 Å². The minimum absolute atomic E-state index is 0.00431. The van der Waals surface area contributed by atoms with Crippen molar-refractivity contribution in [3.63, 3.8) is 0 Å². The highest BCUT2D eigenvalue weighted by Crippen LogP contribution is 2.18. The maximum absolute atomic E-state index is 12.2. The molecule has 1 fully saturated rings. The Kier molecular flexibility index (Phi) is 6.23. The molecule has 1 aliphatic rings. The van der Waals surface area contributed by atoms with Crippen molar-refractivity contribution in [3.05, 3.63) is 65.7 Å². The molecule has 0 bridgehead atoms. The Hall–Kier alpha value is -3.68. The van der Waals surface area contributed by atoms with Gasteiger partial charge in [0.1, 0.15) is 0 Å². The Morgan fingerprint density at radius 2 is 1.76 bits per heavy atom. The number of amides is 3. The Balaban J connectivity index is 1.48. The van der Waals surface area contributed by atoms with Gasteiger partial charge < -0.3 is 10.1 Å². The van der Waals surface area contributed by atoms with Crippen molar-refractivity contribution in [1.29, 1.82) is 0 Å². The number of nitrogens with zero attached hydrogens (tertiary/aromatic N) is 1. The van der Waals surface area contributed by atoms with E-state index in [-0.39, 0.29) is 18.9 Å². The SMILES string of the molecule is Cc1ccccc1NC(=O)COC(=O)[C@H]1CC(=O)N(NC(=O)c2ccccc2)C1. The Morgan fingerprint density at radius 3 is 2.48 bits per heavy atom. The lowest BCUT2D eigenvalue weighted by Gasteiger charge is -2.17. The summed E-state index contributed by atoms with van der Waals surface area (Å²) < 4.78 is 5.04. The summed E-state index contributed by atoms with van der Waals surface area (Å²) in [5, 5.41) is 3.77.